The zero-order chi connectivity index (χ0) is 19.1. The van der Waals surface area contributed by atoms with Crippen LogP contribution in [0, 0.1) is 0 Å². The molecule has 0 radical (unpaired) electrons. The van der Waals surface area contributed by atoms with Crippen LogP contribution in [0.25, 0.3) is 0 Å². The summed E-state index contributed by atoms with van der Waals surface area (Å²) in [6, 6.07) is 13.7. The van der Waals surface area contributed by atoms with E-state index >= 15 is 0 Å². The molecule has 1 aliphatic rings. The van der Waals surface area contributed by atoms with Crippen molar-refractivity contribution in [2.24, 2.45) is 4.99 Å². The van der Waals surface area contributed by atoms with E-state index in [2.05, 4.69) is 20.6 Å². The van der Waals surface area contributed by atoms with Crippen LogP contribution in [0.3, 0.4) is 0 Å². The van der Waals surface area contributed by atoms with E-state index in [1.165, 1.54) is 0 Å². The molecule has 2 N–H and O–H groups in total. The average Bonchev–Trinajstić information content (AvgIpc) is 3.14. The lowest BCUT2D eigenvalue weighted by molar-refractivity contribution is -0.117. The number of carbonyl (C=O) groups is 1. The molecule has 7 heteroatoms. The van der Waals surface area contributed by atoms with Gasteiger partial charge in [0, 0.05) is 38.3 Å². The first-order chi connectivity index (χ1) is 13.2. The van der Waals surface area contributed by atoms with Gasteiger partial charge in [0.25, 0.3) is 0 Å². The van der Waals surface area contributed by atoms with Gasteiger partial charge < -0.3 is 20.3 Å². The van der Waals surface area contributed by atoms with Crippen molar-refractivity contribution >= 4 is 17.6 Å². The molecule has 1 aromatic carbocycles. The Kier molecular flexibility index (Phi) is 6.25. The Morgan fingerprint density at radius 1 is 1.19 bits per heavy atom. The van der Waals surface area contributed by atoms with E-state index in [-0.39, 0.29) is 5.91 Å². The summed E-state index contributed by atoms with van der Waals surface area (Å²) >= 11 is 0. The van der Waals surface area contributed by atoms with Crippen LogP contribution in [-0.4, -0.2) is 37.6 Å². The Hall–Kier alpha value is -3.09. The summed E-state index contributed by atoms with van der Waals surface area (Å²) < 4.78 is 5.14. The van der Waals surface area contributed by atoms with Gasteiger partial charge in [0.15, 0.2) is 5.96 Å². The second kappa shape index (κ2) is 9.02. The molecule has 7 nitrogen and oxygen atoms in total. The fourth-order valence-corrected chi connectivity index (χ4v) is 2.97. The number of amides is 1. The number of nitrogens with one attached hydrogen (secondary N) is 2. The standard InChI is InChI=1S/C20H25N5O2/c1-21-20(23-14-16-5-3-6-18(24-16)27-2)22-13-15-8-10-17(11-9-15)25-12-4-7-19(25)26/h3,5-6,8-11H,4,7,12-14H2,1-2H3,(H2,21,22,23). The molecule has 142 valence electrons. The summed E-state index contributed by atoms with van der Waals surface area (Å²) in [5.41, 5.74) is 2.96. The number of aliphatic imine (C=N–C) groups is 1. The molecule has 1 aliphatic heterocycles. The molecule has 0 spiro atoms. The van der Waals surface area contributed by atoms with Gasteiger partial charge in [-0.15, -0.1) is 0 Å². The lowest BCUT2D eigenvalue weighted by Gasteiger charge is -2.16. The Morgan fingerprint density at radius 2 is 1.96 bits per heavy atom. The van der Waals surface area contributed by atoms with Crippen LogP contribution in [0.1, 0.15) is 24.1 Å². The van der Waals surface area contributed by atoms with Crippen LogP contribution in [0.4, 0.5) is 5.69 Å². The molecule has 1 saturated heterocycles. The van der Waals surface area contributed by atoms with E-state index in [9.17, 15) is 4.79 Å². The van der Waals surface area contributed by atoms with Gasteiger partial charge in [-0.05, 0) is 30.2 Å². The topological polar surface area (TPSA) is 78.9 Å². The number of hydrogen-bond acceptors (Lipinski definition) is 4. The normalized spacial score (nSPS) is 14.4. The number of aromatic nitrogens is 1. The van der Waals surface area contributed by atoms with E-state index in [1.54, 1.807) is 14.2 Å². The molecule has 0 bridgehead atoms. The minimum absolute atomic E-state index is 0.205. The minimum Gasteiger partial charge on any atom is -0.481 e. The molecule has 0 atom stereocenters. The number of carbonyl (C=O) groups excluding carboxylic acids is 1. The fourth-order valence-electron chi connectivity index (χ4n) is 2.97. The number of benzene rings is 1. The maximum Gasteiger partial charge on any atom is 0.227 e. The third kappa shape index (κ3) is 4.97. The molecule has 1 amide bonds. The average molecular weight is 367 g/mol. The van der Waals surface area contributed by atoms with Gasteiger partial charge in [-0.2, -0.15) is 0 Å². The third-order valence-electron chi connectivity index (χ3n) is 4.43. The molecule has 0 saturated carbocycles. The van der Waals surface area contributed by atoms with Gasteiger partial charge in [0.1, 0.15) is 0 Å². The first-order valence-electron chi connectivity index (χ1n) is 9.03. The molecular formula is C20H25N5O2. The molecule has 27 heavy (non-hydrogen) atoms. The Labute approximate surface area is 159 Å². The molecule has 2 heterocycles. The predicted octanol–water partition coefficient (Wildman–Crippen LogP) is 2.08. The number of ether oxygens (including phenoxy) is 1. The lowest BCUT2D eigenvalue weighted by atomic mass is 10.2. The molecule has 2 aromatic rings. The monoisotopic (exact) mass is 367 g/mol. The van der Waals surface area contributed by atoms with E-state index in [0.29, 0.717) is 31.3 Å². The summed E-state index contributed by atoms with van der Waals surface area (Å²) in [6.07, 6.45) is 1.58. The smallest absolute Gasteiger partial charge is 0.227 e. The largest absolute Gasteiger partial charge is 0.481 e. The van der Waals surface area contributed by atoms with Crippen LogP contribution in [0.15, 0.2) is 47.5 Å². The van der Waals surface area contributed by atoms with Crippen molar-refractivity contribution in [2.75, 3.05) is 25.6 Å². The van der Waals surface area contributed by atoms with Crippen molar-refractivity contribution in [1.82, 2.24) is 15.6 Å². The SMILES string of the molecule is CN=C(NCc1ccc(N2CCCC2=O)cc1)NCc1cccc(OC)n1. The molecule has 0 aliphatic carbocycles. The van der Waals surface area contributed by atoms with Gasteiger partial charge in [0.05, 0.1) is 19.3 Å². The van der Waals surface area contributed by atoms with E-state index in [4.69, 9.17) is 4.74 Å². The van der Waals surface area contributed by atoms with Crippen molar-refractivity contribution in [3.05, 3.63) is 53.7 Å². The molecule has 3 rings (SSSR count). The van der Waals surface area contributed by atoms with Crippen molar-refractivity contribution in [3.8, 4) is 5.88 Å². The summed E-state index contributed by atoms with van der Waals surface area (Å²) in [5.74, 6) is 1.49. The maximum absolute atomic E-state index is 11.8. The van der Waals surface area contributed by atoms with Crippen molar-refractivity contribution < 1.29 is 9.53 Å². The van der Waals surface area contributed by atoms with Crippen LogP contribution in [-0.2, 0) is 17.9 Å². The zero-order valence-corrected chi connectivity index (χ0v) is 15.7. The highest BCUT2D eigenvalue weighted by Crippen LogP contribution is 2.21. The number of nitrogens with zero attached hydrogens (tertiary/aromatic N) is 3. The lowest BCUT2D eigenvalue weighted by Crippen LogP contribution is -2.36. The number of guanidine groups is 1. The second-order valence-electron chi connectivity index (χ2n) is 6.27. The quantitative estimate of drug-likeness (QED) is 0.604. The van der Waals surface area contributed by atoms with Crippen LogP contribution < -0.4 is 20.3 Å². The molecular weight excluding hydrogens is 342 g/mol. The van der Waals surface area contributed by atoms with E-state index in [1.807, 2.05) is 47.4 Å². The molecule has 1 aromatic heterocycles. The van der Waals surface area contributed by atoms with Crippen molar-refractivity contribution in [1.29, 1.82) is 0 Å². The Balaban J connectivity index is 1.51. The highest BCUT2D eigenvalue weighted by molar-refractivity contribution is 5.95. The number of methoxy groups -OCH3 is 1. The van der Waals surface area contributed by atoms with Crippen LogP contribution in [0.5, 0.6) is 5.88 Å². The first kappa shape index (κ1) is 18.7. The molecule has 0 unspecified atom stereocenters. The highest BCUT2D eigenvalue weighted by Gasteiger charge is 2.21. The number of pyridine rings is 1. The number of hydrogen-bond donors (Lipinski definition) is 2. The van der Waals surface area contributed by atoms with Crippen molar-refractivity contribution in [2.45, 2.75) is 25.9 Å². The highest BCUT2D eigenvalue weighted by atomic mass is 16.5. The summed E-state index contributed by atoms with van der Waals surface area (Å²) in [7, 11) is 3.33. The van der Waals surface area contributed by atoms with E-state index in [0.717, 1.165) is 29.9 Å². The first-order valence-corrected chi connectivity index (χ1v) is 9.03. The Morgan fingerprint density at radius 3 is 2.63 bits per heavy atom. The molecule has 1 fully saturated rings. The zero-order valence-electron chi connectivity index (χ0n) is 15.7. The maximum atomic E-state index is 11.8. The van der Waals surface area contributed by atoms with Gasteiger partial charge >= 0.3 is 0 Å². The third-order valence-corrected chi connectivity index (χ3v) is 4.43. The fraction of sp³-hybridized carbons (Fsp3) is 0.350. The van der Waals surface area contributed by atoms with Crippen LogP contribution in [0.2, 0.25) is 0 Å². The summed E-state index contributed by atoms with van der Waals surface area (Å²) in [6.45, 7) is 2.00. The van der Waals surface area contributed by atoms with Gasteiger partial charge in [-0.25, -0.2) is 4.98 Å². The summed E-state index contributed by atoms with van der Waals surface area (Å²) in [4.78, 5) is 22.3. The van der Waals surface area contributed by atoms with Crippen molar-refractivity contribution in [3.63, 3.8) is 0 Å². The number of rotatable bonds is 6. The number of anilines is 1. The minimum atomic E-state index is 0.205. The van der Waals surface area contributed by atoms with Crippen LogP contribution >= 0.6 is 0 Å². The van der Waals surface area contributed by atoms with E-state index < -0.39 is 0 Å². The summed E-state index contributed by atoms with van der Waals surface area (Å²) in [5, 5.41) is 6.52. The van der Waals surface area contributed by atoms with Gasteiger partial charge in [0.2, 0.25) is 11.8 Å². The second-order valence-corrected chi connectivity index (χ2v) is 6.27. The van der Waals surface area contributed by atoms with Gasteiger partial charge in [-0.1, -0.05) is 18.2 Å². The predicted molar refractivity (Wildman–Crippen MR) is 106 cm³/mol. The Bertz CT molecular complexity index is 804. The van der Waals surface area contributed by atoms with Gasteiger partial charge in [-0.3, -0.25) is 9.79 Å².